The molecule has 33 heavy (non-hydrogen) atoms. The lowest BCUT2D eigenvalue weighted by atomic mass is 9.98. The molecule has 1 aliphatic heterocycles. The molecule has 0 unspecified atom stereocenters. The quantitative estimate of drug-likeness (QED) is 0.248. The van der Waals surface area contributed by atoms with Crippen molar-refractivity contribution in [3.8, 4) is 0 Å². The van der Waals surface area contributed by atoms with Gasteiger partial charge in [-0.15, -0.1) is 0 Å². The van der Waals surface area contributed by atoms with E-state index in [1.165, 1.54) is 19.6 Å². The highest BCUT2D eigenvalue weighted by atomic mass is 35.5. The van der Waals surface area contributed by atoms with Crippen LogP contribution in [-0.2, 0) is 17.3 Å². The number of halogens is 2. The third kappa shape index (κ3) is 4.17. The standard InChI is InChI=1S/C27H18Cl2O2S2/c1-16-10-13-21(28)20(26(16)29)14-17-11-12-18(15-19(17)27(30)31)33-24-8-4-2-6-22(24)32-23-7-3-5-9-25(23)33/h2-13,15H,14H2,1H3/p+1. The molecule has 0 saturated carbocycles. The van der Waals surface area contributed by atoms with Gasteiger partial charge in [-0.25, -0.2) is 4.79 Å². The summed E-state index contributed by atoms with van der Waals surface area (Å²) >= 11 is 14.7. The summed E-state index contributed by atoms with van der Waals surface area (Å²) < 4.78 is 0. The van der Waals surface area contributed by atoms with Crippen molar-refractivity contribution in [1.29, 1.82) is 0 Å². The normalized spacial score (nSPS) is 12.8. The van der Waals surface area contributed by atoms with Crippen molar-refractivity contribution < 1.29 is 9.90 Å². The van der Waals surface area contributed by atoms with Crippen LogP contribution in [0.5, 0.6) is 0 Å². The molecule has 5 rings (SSSR count). The number of hydrogen-bond donors (Lipinski definition) is 1. The Labute approximate surface area is 209 Å². The largest absolute Gasteiger partial charge is 0.478 e. The third-order valence-corrected chi connectivity index (χ3v) is 10.3. The van der Waals surface area contributed by atoms with Crippen LogP contribution >= 0.6 is 35.0 Å². The summed E-state index contributed by atoms with van der Waals surface area (Å²) in [5.41, 5.74) is 2.64. The molecular formula is C27H19Cl2O2S2+. The molecule has 1 aliphatic rings. The third-order valence-electron chi connectivity index (χ3n) is 5.65. The van der Waals surface area contributed by atoms with Crippen LogP contribution in [0.25, 0.3) is 0 Å². The Morgan fingerprint density at radius 1 is 0.909 bits per heavy atom. The number of carboxylic acids is 1. The molecule has 0 aliphatic carbocycles. The summed E-state index contributed by atoms with van der Waals surface area (Å²) in [4.78, 5) is 18.1. The zero-order valence-corrected chi connectivity index (χ0v) is 20.8. The highest BCUT2D eigenvalue weighted by molar-refractivity contribution is 8.04. The first-order chi connectivity index (χ1) is 15.9. The van der Waals surface area contributed by atoms with Gasteiger partial charge in [-0.2, -0.15) is 0 Å². The van der Waals surface area contributed by atoms with Gasteiger partial charge in [0.1, 0.15) is 10.9 Å². The Kier molecular flexibility index (Phi) is 6.19. The van der Waals surface area contributed by atoms with Crippen molar-refractivity contribution in [3.63, 3.8) is 0 Å². The summed E-state index contributed by atoms with van der Waals surface area (Å²) in [7, 11) is -0.388. The number of rotatable bonds is 4. The number of carboxylic acid groups (broad SMARTS) is 1. The number of fused-ring (bicyclic) bond motifs is 2. The lowest BCUT2D eigenvalue weighted by Gasteiger charge is -2.19. The van der Waals surface area contributed by atoms with E-state index in [-0.39, 0.29) is 16.5 Å². The molecule has 164 valence electrons. The van der Waals surface area contributed by atoms with Crippen LogP contribution in [0.3, 0.4) is 0 Å². The van der Waals surface area contributed by atoms with Gasteiger partial charge >= 0.3 is 5.97 Å². The minimum atomic E-state index is -0.955. The number of carbonyl (C=O) groups is 1. The molecular weight excluding hydrogens is 491 g/mol. The van der Waals surface area contributed by atoms with Gasteiger partial charge in [0.05, 0.1) is 15.4 Å². The minimum absolute atomic E-state index is 0.279. The second-order valence-electron chi connectivity index (χ2n) is 7.76. The Balaban J connectivity index is 1.63. The van der Waals surface area contributed by atoms with Crippen LogP contribution in [0.1, 0.15) is 27.0 Å². The van der Waals surface area contributed by atoms with Crippen LogP contribution in [0.15, 0.2) is 103 Å². The number of benzene rings is 4. The fourth-order valence-corrected chi connectivity index (χ4v) is 8.27. The fourth-order valence-electron chi connectivity index (χ4n) is 4.00. The molecule has 4 aromatic carbocycles. The van der Waals surface area contributed by atoms with E-state index in [4.69, 9.17) is 23.2 Å². The van der Waals surface area contributed by atoms with E-state index in [1.807, 2.05) is 61.5 Å². The number of aromatic carboxylic acids is 1. The molecule has 0 aromatic heterocycles. The van der Waals surface area contributed by atoms with Crippen molar-refractivity contribution in [2.75, 3.05) is 0 Å². The maximum absolute atomic E-state index is 12.3. The van der Waals surface area contributed by atoms with Crippen LogP contribution in [0.4, 0.5) is 0 Å². The molecule has 6 heteroatoms. The van der Waals surface area contributed by atoms with Crippen LogP contribution in [0.2, 0.25) is 10.0 Å². The van der Waals surface area contributed by atoms with Crippen molar-refractivity contribution in [2.45, 2.75) is 37.8 Å². The first-order valence-corrected chi connectivity index (χ1v) is 13.1. The Bertz CT molecular complexity index is 1360. The predicted molar refractivity (Wildman–Crippen MR) is 137 cm³/mol. The molecule has 0 bridgehead atoms. The smallest absolute Gasteiger partial charge is 0.336 e. The van der Waals surface area contributed by atoms with Gasteiger partial charge in [0.25, 0.3) is 0 Å². The summed E-state index contributed by atoms with van der Waals surface area (Å²) in [6.45, 7) is 1.92. The van der Waals surface area contributed by atoms with Gasteiger partial charge in [-0.1, -0.05) is 71.4 Å². The first kappa shape index (κ1) is 22.4. The van der Waals surface area contributed by atoms with E-state index in [0.29, 0.717) is 22.0 Å². The average Bonchev–Trinajstić information content (AvgIpc) is 2.82. The van der Waals surface area contributed by atoms with Gasteiger partial charge in [0.2, 0.25) is 0 Å². The second-order valence-corrected chi connectivity index (χ2v) is 11.6. The van der Waals surface area contributed by atoms with Gasteiger partial charge in [-0.3, -0.25) is 0 Å². The van der Waals surface area contributed by atoms with E-state index in [1.54, 1.807) is 11.8 Å². The van der Waals surface area contributed by atoms with Gasteiger partial charge < -0.3 is 5.11 Å². The van der Waals surface area contributed by atoms with Crippen molar-refractivity contribution in [1.82, 2.24) is 0 Å². The van der Waals surface area contributed by atoms with Gasteiger partial charge in [0, 0.05) is 22.5 Å². The van der Waals surface area contributed by atoms with E-state index in [9.17, 15) is 9.90 Å². The highest BCUT2D eigenvalue weighted by Crippen LogP contribution is 2.48. The topological polar surface area (TPSA) is 37.3 Å². The fraction of sp³-hybridized carbons (Fsp3) is 0.0741. The summed E-state index contributed by atoms with van der Waals surface area (Å²) in [6, 6.07) is 26.2. The zero-order valence-electron chi connectivity index (χ0n) is 17.6. The zero-order chi connectivity index (χ0) is 23.1. The van der Waals surface area contributed by atoms with E-state index in [2.05, 4.69) is 24.3 Å². The molecule has 0 spiro atoms. The lowest BCUT2D eigenvalue weighted by molar-refractivity contribution is 0.0695. The van der Waals surface area contributed by atoms with Crippen LogP contribution in [-0.4, -0.2) is 11.1 Å². The molecule has 0 saturated heterocycles. The summed E-state index contributed by atoms with van der Waals surface area (Å²) in [6.07, 6.45) is 0.359. The molecule has 0 amide bonds. The molecule has 0 atom stereocenters. The molecule has 4 aromatic rings. The molecule has 0 fully saturated rings. The van der Waals surface area contributed by atoms with E-state index in [0.717, 1.165) is 16.0 Å². The molecule has 1 N–H and O–H groups in total. The maximum Gasteiger partial charge on any atom is 0.336 e. The Morgan fingerprint density at radius 3 is 2.18 bits per heavy atom. The predicted octanol–water partition coefficient (Wildman–Crippen LogP) is 8.15. The van der Waals surface area contributed by atoms with Crippen LogP contribution in [0, 0.1) is 6.92 Å². The van der Waals surface area contributed by atoms with E-state index >= 15 is 0 Å². The maximum atomic E-state index is 12.3. The van der Waals surface area contributed by atoms with Crippen molar-refractivity contribution >= 4 is 51.8 Å². The van der Waals surface area contributed by atoms with Crippen LogP contribution < -0.4 is 0 Å². The molecule has 0 radical (unpaired) electrons. The first-order valence-electron chi connectivity index (χ1n) is 10.3. The van der Waals surface area contributed by atoms with Gasteiger partial charge in [0.15, 0.2) is 14.7 Å². The number of aryl methyl sites for hydroxylation is 1. The Morgan fingerprint density at radius 2 is 1.55 bits per heavy atom. The monoisotopic (exact) mass is 509 g/mol. The average molecular weight is 510 g/mol. The SMILES string of the molecule is Cc1ccc(Cl)c(Cc2ccc([S+]3c4ccccc4Sc4ccccc43)cc2C(=O)O)c1Cl. The second kappa shape index (κ2) is 9.11. The Hall–Kier alpha value is -2.37. The summed E-state index contributed by atoms with van der Waals surface area (Å²) in [5, 5.41) is 11.2. The minimum Gasteiger partial charge on any atom is -0.478 e. The molecule has 1 heterocycles. The highest BCUT2D eigenvalue weighted by Gasteiger charge is 2.38. The van der Waals surface area contributed by atoms with Crippen molar-refractivity contribution in [3.05, 3.63) is 111 Å². The molecule has 2 nitrogen and oxygen atoms in total. The number of hydrogen-bond acceptors (Lipinski definition) is 2. The summed E-state index contributed by atoms with van der Waals surface area (Å²) in [5.74, 6) is -0.955. The lowest BCUT2D eigenvalue weighted by Crippen LogP contribution is -2.13. The van der Waals surface area contributed by atoms with Crippen molar-refractivity contribution in [2.24, 2.45) is 0 Å². The van der Waals surface area contributed by atoms with E-state index < -0.39 is 5.97 Å². The van der Waals surface area contributed by atoms with Gasteiger partial charge in [-0.05, 0) is 60.0 Å².